The molecule has 5 aliphatic rings. The molecule has 0 spiro atoms. The van der Waals surface area contributed by atoms with Crippen molar-refractivity contribution < 1.29 is 90.7 Å². The molecule has 0 bridgehead atoms. The van der Waals surface area contributed by atoms with E-state index in [4.69, 9.17) is 19.5 Å². The summed E-state index contributed by atoms with van der Waals surface area (Å²) in [5, 5.41) is 48.9. The van der Waals surface area contributed by atoms with Gasteiger partial charge in [-0.25, -0.2) is 28.6 Å². The number of nitrogens with two attached hydrogens (primary N) is 1. The van der Waals surface area contributed by atoms with Gasteiger partial charge in [0, 0.05) is 36.6 Å². The monoisotopic (exact) mass is 1180 g/mol. The van der Waals surface area contributed by atoms with Gasteiger partial charge in [0.25, 0.3) is 0 Å². The standard InChI is InChI=1S/C48H80N7O19P3S/c1-26(30-10-11-31-36-32(13-16-48(30,31)6)47(5)15-12-29(56)20-28(47)21-33(36)57)8-7-9-27(2)45(62)78-19-18-50-35(58)14-17-51-43(61)40(60)46(3,4)23-71-77(68,69)74-76(66,67)70-22-34-39(73-75(63,64)65)38(59)44(72-34)55-25-54-37-41(49)52-24-53-42(37)55/h24-34,36,38-40,44,56-57,59-60H,7-23H2,1-6H3,(H,50,58)(H,51,61)(H,66,67)(H,68,69)(H2,49,52,53)(H2,63,64,65)/t26-,27?,28+,29-,30-,31+,32?,33-,34-,36+,38-,39-,40+,44-,47+,48?/m1/s1. The van der Waals surface area contributed by atoms with Gasteiger partial charge in [0.05, 0.1) is 31.7 Å². The fourth-order valence-electron chi connectivity index (χ4n) is 13.7. The molecular formula is C48H80N7O19P3S. The molecule has 4 aliphatic carbocycles. The van der Waals surface area contributed by atoms with Crippen molar-refractivity contribution in [2.75, 3.05) is 37.8 Å². The summed E-state index contributed by atoms with van der Waals surface area (Å²) in [6.07, 6.45) is 3.42. The Hall–Kier alpha value is -2.52. The third kappa shape index (κ3) is 14.6. The molecule has 5 fully saturated rings. The summed E-state index contributed by atoms with van der Waals surface area (Å²) in [5.41, 5.74) is 4.67. The van der Waals surface area contributed by atoms with Crippen LogP contribution in [-0.2, 0) is 50.7 Å². The van der Waals surface area contributed by atoms with E-state index in [-0.39, 0.29) is 70.6 Å². The molecule has 30 heteroatoms. The lowest BCUT2D eigenvalue weighted by Crippen LogP contribution is -2.58. The SMILES string of the molecule is CC(CCC[C@@H](C)[C@H]1CC[C@H]2[C@H]3C(CCC12C)[C@@]1(C)CC[C@@H](O)C[C@H]1C[C@H]3O)C(=O)SCCNC(=O)CCNC(=O)[C@H](O)C(C)(C)COP(=O)(O)OP(=O)(O)OC[C@H]1O[C@@H](n2cnc3c(N)ncnc32)[C@H](O)[C@@H]1OP(=O)(O)O. The van der Waals surface area contributed by atoms with Crippen LogP contribution in [0, 0.1) is 57.7 Å². The van der Waals surface area contributed by atoms with Crippen LogP contribution in [0.2, 0.25) is 0 Å². The van der Waals surface area contributed by atoms with Gasteiger partial charge in [0.1, 0.15) is 36.3 Å². The number of hydrogen-bond donors (Lipinski definition) is 11. The minimum Gasteiger partial charge on any atom is -0.393 e. The molecule has 0 radical (unpaired) electrons. The molecule has 26 nitrogen and oxygen atoms in total. The van der Waals surface area contributed by atoms with Crippen LogP contribution in [0.1, 0.15) is 125 Å². The Morgan fingerprint density at radius 3 is 2.33 bits per heavy atom. The third-order valence-corrected chi connectivity index (χ3v) is 22.1. The van der Waals surface area contributed by atoms with E-state index >= 15 is 0 Å². The van der Waals surface area contributed by atoms with Crippen molar-refractivity contribution in [3.63, 3.8) is 0 Å². The van der Waals surface area contributed by atoms with Gasteiger partial charge >= 0.3 is 23.5 Å². The molecule has 4 saturated carbocycles. The van der Waals surface area contributed by atoms with Gasteiger partial charge in [-0.05, 0) is 104 Å². The van der Waals surface area contributed by atoms with Crippen molar-refractivity contribution in [2.24, 2.45) is 57.7 Å². The van der Waals surface area contributed by atoms with Crippen LogP contribution in [0.15, 0.2) is 12.7 Å². The maximum Gasteiger partial charge on any atom is 0.481 e. The highest BCUT2D eigenvalue weighted by atomic mass is 32.2. The predicted molar refractivity (Wildman–Crippen MR) is 282 cm³/mol. The van der Waals surface area contributed by atoms with E-state index in [1.165, 1.54) is 26.7 Å². The van der Waals surface area contributed by atoms with Gasteiger partial charge in [-0.3, -0.25) is 32.5 Å². The summed E-state index contributed by atoms with van der Waals surface area (Å²) in [5.74, 6) is 1.58. The minimum atomic E-state index is -5.60. The molecular weight excluding hydrogens is 1100 g/mol. The molecule has 1 saturated heterocycles. The van der Waals surface area contributed by atoms with Crippen LogP contribution < -0.4 is 16.4 Å². The molecule has 1 aliphatic heterocycles. The highest BCUT2D eigenvalue weighted by molar-refractivity contribution is 8.13. The lowest BCUT2D eigenvalue weighted by molar-refractivity contribution is -0.174. The first-order valence-corrected chi connectivity index (χ1v) is 32.3. The Balaban J connectivity index is 0.764. The van der Waals surface area contributed by atoms with Gasteiger partial charge in [0.2, 0.25) is 11.8 Å². The number of aromatic nitrogens is 4. The largest absolute Gasteiger partial charge is 0.481 e. The lowest BCUT2D eigenvalue weighted by atomic mass is 9.43. The number of aliphatic hydroxyl groups is 4. The highest BCUT2D eigenvalue weighted by Gasteiger charge is 2.63. The highest BCUT2D eigenvalue weighted by Crippen LogP contribution is 2.68. The Morgan fingerprint density at radius 2 is 1.62 bits per heavy atom. The number of nitrogens with zero attached hydrogens (tertiary/aromatic N) is 4. The van der Waals surface area contributed by atoms with Crippen LogP contribution in [0.25, 0.3) is 11.2 Å². The van der Waals surface area contributed by atoms with Crippen molar-refractivity contribution in [3.8, 4) is 0 Å². The first-order valence-electron chi connectivity index (χ1n) is 26.8. The smallest absolute Gasteiger partial charge is 0.393 e. The molecule has 3 heterocycles. The summed E-state index contributed by atoms with van der Waals surface area (Å²) in [6, 6.07) is 0. The third-order valence-electron chi connectivity index (χ3n) is 17.9. The Labute approximate surface area is 457 Å². The summed E-state index contributed by atoms with van der Waals surface area (Å²) >= 11 is 1.16. The number of carbonyl (C=O) groups excluding carboxylic acids is 3. The maximum absolute atomic E-state index is 13.0. The van der Waals surface area contributed by atoms with Crippen molar-refractivity contribution in [3.05, 3.63) is 12.7 Å². The van der Waals surface area contributed by atoms with E-state index < -0.39 is 84.6 Å². The van der Waals surface area contributed by atoms with Gasteiger partial charge in [-0.1, -0.05) is 66.1 Å². The second kappa shape index (κ2) is 25.1. The van der Waals surface area contributed by atoms with Gasteiger partial charge in [-0.15, -0.1) is 0 Å². The van der Waals surface area contributed by atoms with E-state index in [9.17, 15) is 68.1 Å². The number of rotatable bonds is 25. The fraction of sp³-hybridized carbons (Fsp3) is 0.833. The maximum atomic E-state index is 13.0. The van der Waals surface area contributed by atoms with Crippen LogP contribution in [0.5, 0.6) is 0 Å². The Kier molecular flexibility index (Phi) is 20.3. The van der Waals surface area contributed by atoms with E-state index in [1.807, 2.05) is 6.92 Å². The number of nitrogen functional groups attached to an aromatic ring is 1. The number of phosphoric acid groups is 3. The zero-order chi connectivity index (χ0) is 57.3. The minimum absolute atomic E-state index is 0.0293. The molecule has 7 rings (SSSR count). The van der Waals surface area contributed by atoms with Crippen molar-refractivity contribution in [2.45, 2.75) is 161 Å². The second-order valence-electron chi connectivity index (χ2n) is 23.5. The molecule has 78 heavy (non-hydrogen) atoms. The molecule has 5 unspecified atom stereocenters. The van der Waals surface area contributed by atoms with Crippen LogP contribution in [0.3, 0.4) is 0 Å². The lowest BCUT2D eigenvalue weighted by Gasteiger charge is -2.62. The zero-order valence-electron chi connectivity index (χ0n) is 44.9. The molecule has 18 atom stereocenters. The molecule has 442 valence electrons. The topological polar surface area (TPSA) is 404 Å². The first kappa shape index (κ1) is 63.1. The van der Waals surface area contributed by atoms with Gasteiger partial charge in [0.15, 0.2) is 22.8 Å². The van der Waals surface area contributed by atoms with Gasteiger partial charge < -0.3 is 61.1 Å². The summed E-state index contributed by atoms with van der Waals surface area (Å²) in [7, 11) is -16.5. The average molecular weight is 1180 g/mol. The molecule has 2 amide bonds. The Bertz CT molecular complexity index is 2600. The number of phosphoric ester groups is 3. The number of fused-ring (bicyclic) bond motifs is 6. The second-order valence-corrected chi connectivity index (χ2v) is 28.8. The number of hydrogen-bond acceptors (Lipinski definition) is 20. The van der Waals surface area contributed by atoms with E-state index in [0.29, 0.717) is 41.3 Å². The molecule has 0 aromatic carbocycles. The van der Waals surface area contributed by atoms with Crippen LogP contribution in [0.4, 0.5) is 5.82 Å². The quantitative estimate of drug-likeness (QED) is 0.0492. The first-order chi connectivity index (χ1) is 36.4. The van der Waals surface area contributed by atoms with E-state index in [2.05, 4.69) is 55.2 Å². The average Bonchev–Trinajstić information content (AvgIpc) is 4.18. The predicted octanol–water partition coefficient (Wildman–Crippen LogP) is 4.10. The number of thioether (sulfide) groups is 1. The van der Waals surface area contributed by atoms with Crippen molar-refractivity contribution in [1.82, 2.24) is 30.2 Å². The number of ether oxygens (including phenoxy) is 1. The zero-order valence-corrected chi connectivity index (χ0v) is 48.4. The van der Waals surface area contributed by atoms with Gasteiger partial charge in [-0.2, -0.15) is 4.31 Å². The van der Waals surface area contributed by atoms with E-state index in [0.717, 1.165) is 86.8 Å². The number of amides is 2. The summed E-state index contributed by atoms with van der Waals surface area (Å²) in [6.45, 7) is 9.72. The molecule has 2 aromatic rings. The molecule has 12 N–H and O–H groups in total. The normalized spacial score (nSPS) is 33.9. The Morgan fingerprint density at radius 1 is 0.923 bits per heavy atom. The number of carbonyl (C=O) groups is 3. The van der Waals surface area contributed by atoms with Crippen molar-refractivity contribution >= 4 is 69.1 Å². The van der Waals surface area contributed by atoms with Crippen LogP contribution >= 0.6 is 35.2 Å². The summed E-state index contributed by atoms with van der Waals surface area (Å²) < 4.78 is 62.8. The van der Waals surface area contributed by atoms with Crippen LogP contribution in [-0.4, -0.2) is 145 Å². The summed E-state index contributed by atoms with van der Waals surface area (Å²) in [4.78, 5) is 89.9. The number of anilines is 1. The van der Waals surface area contributed by atoms with Crippen molar-refractivity contribution in [1.29, 1.82) is 0 Å². The fourth-order valence-corrected chi connectivity index (χ4v) is 17.3. The number of imidazole rings is 1. The molecule has 2 aromatic heterocycles. The number of aliphatic hydroxyl groups excluding tert-OH is 4. The van der Waals surface area contributed by atoms with E-state index in [1.54, 1.807) is 0 Å². The number of nitrogens with one attached hydrogen (secondary N) is 2.